The third kappa shape index (κ3) is 1.62. The molecule has 0 saturated carbocycles. The Balaban J connectivity index is 3.50. The molecule has 0 spiro atoms. The van der Waals surface area contributed by atoms with E-state index in [0.29, 0.717) is 15.9 Å². The molecule has 0 saturated heterocycles. The first kappa shape index (κ1) is 9.91. The molecule has 0 fully saturated rings. The molecule has 1 heterocycles. The quantitative estimate of drug-likeness (QED) is 0.354. The summed E-state index contributed by atoms with van der Waals surface area (Å²) in [5.74, 6) is 0. The molecule has 1 rings (SSSR count). The smallest absolute Gasteiger partial charge is 0.285 e. The Morgan fingerprint density at radius 2 is 2.15 bits per heavy atom. The largest absolute Gasteiger partial charge is 0.296 e. The van der Waals surface area contributed by atoms with Crippen molar-refractivity contribution in [2.45, 2.75) is 13.8 Å². The summed E-state index contributed by atoms with van der Waals surface area (Å²) >= 11 is 3.04. The maximum Gasteiger partial charge on any atom is 0.296 e. The molecule has 0 bridgehead atoms. The minimum atomic E-state index is -0.496. The SMILES string of the molecule is Cc1cc([N+](=O)[O-])c(Br)c(C)[n+]1O. The van der Waals surface area contributed by atoms with Gasteiger partial charge in [0.25, 0.3) is 11.4 Å². The van der Waals surface area contributed by atoms with Gasteiger partial charge in [-0.3, -0.25) is 15.3 Å². The highest BCUT2D eigenvalue weighted by atomic mass is 79.9. The second kappa shape index (κ2) is 3.29. The van der Waals surface area contributed by atoms with Gasteiger partial charge in [0.05, 0.1) is 11.0 Å². The maximum atomic E-state index is 10.5. The Morgan fingerprint density at radius 3 is 2.62 bits per heavy atom. The number of nitro groups is 1. The van der Waals surface area contributed by atoms with E-state index in [4.69, 9.17) is 0 Å². The molecule has 6 heteroatoms. The molecular weight excluding hydrogens is 240 g/mol. The van der Waals surface area contributed by atoms with Gasteiger partial charge in [-0.15, -0.1) is 0 Å². The van der Waals surface area contributed by atoms with E-state index in [1.54, 1.807) is 13.8 Å². The van der Waals surface area contributed by atoms with Gasteiger partial charge in [0.1, 0.15) is 0 Å². The summed E-state index contributed by atoms with van der Waals surface area (Å²) in [4.78, 5) is 10.0. The van der Waals surface area contributed by atoms with E-state index in [0.717, 1.165) is 4.73 Å². The molecule has 0 aliphatic heterocycles. The van der Waals surface area contributed by atoms with Crippen molar-refractivity contribution >= 4 is 21.6 Å². The lowest BCUT2D eigenvalue weighted by Gasteiger charge is -1.97. The van der Waals surface area contributed by atoms with Gasteiger partial charge in [-0.1, -0.05) is 0 Å². The summed E-state index contributed by atoms with van der Waals surface area (Å²) in [5.41, 5.74) is 0.791. The zero-order valence-corrected chi connectivity index (χ0v) is 8.70. The number of rotatable bonds is 1. The molecule has 0 aliphatic carbocycles. The topological polar surface area (TPSA) is 67.2 Å². The van der Waals surface area contributed by atoms with Gasteiger partial charge < -0.3 is 0 Å². The number of hydrogen-bond acceptors (Lipinski definition) is 3. The lowest BCUT2D eigenvalue weighted by atomic mass is 10.3. The van der Waals surface area contributed by atoms with Crippen LogP contribution in [0.1, 0.15) is 11.4 Å². The Kier molecular flexibility index (Phi) is 2.51. The average molecular weight is 248 g/mol. The van der Waals surface area contributed by atoms with Crippen molar-refractivity contribution < 1.29 is 14.9 Å². The van der Waals surface area contributed by atoms with E-state index in [-0.39, 0.29) is 5.69 Å². The molecular formula is C7H8BrN2O3+. The molecule has 13 heavy (non-hydrogen) atoms. The van der Waals surface area contributed by atoms with E-state index < -0.39 is 4.92 Å². The van der Waals surface area contributed by atoms with Crippen molar-refractivity contribution in [2.75, 3.05) is 0 Å². The fourth-order valence-electron chi connectivity index (χ4n) is 0.998. The van der Waals surface area contributed by atoms with Gasteiger partial charge in [0.2, 0.25) is 5.69 Å². The highest BCUT2D eigenvalue weighted by Gasteiger charge is 2.24. The fraction of sp³-hybridized carbons (Fsp3) is 0.286. The van der Waals surface area contributed by atoms with Crippen LogP contribution in [0.5, 0.6) is 0 Å². The van der Waals surface area contributed by atoms with Crippen molar-refractivity contribution in [3.05, 3.63) is 32.0 Å². The van der Waals surface area contributed by atoms with Crippen LogP contribution in [0, 0.1) is 24.0 Å². The van der Waals surface area contributed by atoms with Crippen LogP contribution in [0.15, 0.2) is 10.5 Å². The van der Waals surface area contributed by atoms with Crippen LogP contribution in [-0.4, -0.2) is 10.1 Å². The summed E-state index contributed by atoms with van der Waals surface area (Å²) < 4.78 is 1.20. The van der Waals surface area contributed by atoms with Crippen molar-refractivity contribution in [3.8, 4) is 0 Å². The van der Waals surface area contributed by atoms with Gasteiger partial charge >= 0.3 is 0 Å². The van der Waals surface area contributed by atoms with Crippen molar-refractivity contribution in [1.82, 2.24) is 0 Å². The second-order valence-corrected chi connectivity index (χ2v) is 3.43. The monoisotopic (exact) mass is 247 g/mol. The van der Waals surface area contributed by atoms with Gasteiger partial charge in [0.15, 0.2) is 4.47 Å². The summed E-state index contributed by atoms with van der Waals surface area (Å²) in [6.07, 6.45) is 0. The fourth-order valence-corrected chi connectivity index (χ4v) is 1.43. The van der Waals surface area contributed by atoms with Crippen LogP contribution < -0.4 is 4.73 Å². The van der Waals surface area contributed by atoms with Crippen LogP contribution in [0.3, 0.4) is 0 Å². The predicted molar refractivity (Wildman–Crippen MR) is 47.6 cm³/mol. The van der Waals surface area contributed by atoms with E-state index in [2.05, 4.69) is 15.9 Å². The highest BCUT2D eigenvalue weighted by molar-refractivity contribution is 9.10. The van der Waals surface area contributed by atoms with E-state index in [1.807, 2.05) is 0 Å². The van der Waals surface area contributed by atoms with Crippen LogP contribution >= 0.6 is 15.9 Å². The summed E-state index contributed by atoms with van der Waals surface area (Å²) in [7, 11) is 0. The molecule has 5 nitrogen and oxygen atoms in total. The number of pyridine rings is 1. The third-order valence-corrected chi connectivity index (χ3v) is 2.72. The number of nitrogens with zero attached hydrogens (tertiary/aromatic N) is 2. The first-order valence-electron chi connectivity index (χ1n) is 3.50. The lowest BCUT2D eigenvalue weighted by Crippen LogP contribution is -2.37. The maximum absolute atomic E-state index is 10.5. The highest BCUT2D eigenvalue weighted by Crippen LogP contribution is 2.26. The molecule has 0 aliphatic rings. The Labute approximate surface area is 82.9 Å². The zero-order chi connectivity index (χ0) is 10.2. The van der Waals surface area contributed by atoms with Crippen molar-refractivity contribution in [3.63, 3.8) is 0 Å². The molecule has 1 aromatic heterocycles. The van der Waals surface area contributed by atoms with Crippen LogP contribution in [0.4, 0.5) is 5.69 Å². The average Bonchev–Trinajstić information content (AvgIpc) is 2.07. The van der Waals surface area contributed by atoms with Crippen LogP contribution in [0.2, 0.25) is 0 Å². The van der Waals surface area contributed by atoms with Gasteiger partial charge in [-0.2, -0.15) is 0 Å². The van der Waals surface area contributed by atoms with E-state index >= 15 is 0 Å². The lowest BCUT2D eigenvalue weighted by molar-refractivity contribution is -0.913. The van der Waals surface area contributed by atoms with E-state index in [9.17, 15) is 15.3 Å². The second-order valence-electron chi connectivity index (χ2n) is 2.64. The third-order valence-electron chi connectivity index (χ3n) is 1.74. The molecule has 0 unspecified atom stereocenters. The number of halogens is 1. The minimum absolute atomic E-state index is 0.0414. The standard InChI is InChI=1S/C7H8BrN2O3/c1-4-3-6(10(12)13)7(8)5(2)9(4)11/h3,11H,1-2H3/q+1. The molecule has 1 N–H and O–H groups in total. The Hall–Kier alpha value is -1.17. The Bertz CT molecular complexity index is 378. The van der Waals surface area contributed by atoms with Gasteiger partial charge in [0, 0.05) is 18.6 Å². The van der Waals surface area contributed by atoms with Gasteiger partial charge in [-0.25, -0.2) is 0 Å². The molecule has 0 aromatic carbocycles. The molecule has 0 amide bonds. The minimum Gasteiger partial charge on any atom is -0.285 e. The summed E-state index contributed by atoms with van der Waals surface area (Å²) in [6.45, 7) is 3.18. The summed E-state index contributed by atoms with van der Waals surface area (Å²) in [5, 5.41) is 19.9. The first-order chi connectivity index (χ1) is 5.95. The normalized spacial score (nSPS) is 10.1. The molecule has 70 valence electrons. The molecule has 0 radical (unpaired) electrons. The molecule has 0 atom stereocenters. The predicted octanol–water partition coefficient (Wildman–Crippen LogP) is 1.50. The number of aryl methyl sites for hydroxylation is 1. The van der Waals surface area contributed by atoms with Crippen LogP contribution in [-0.2, 0) is 0 Å². The zero-order valence-electron chi connectivity index (χ0n) is 7.11. The molecule has 1 aromatic rings. The number of aromatic nitrogens is 1. The summed E-state index contributed by atoms with van der Waals surface area (Å²) in [6, 6.07) is 1.30. The number of hydrogen-bond donors (Lipinski definition) is 1. The van der Waals surface area contributed by atoms with Crippen LogP contribution in [0.25, 0.3) is 0 Å². The van der Waals surface area contributed by atoms with Crippen molar-refractivity contribution in [1.29, 1.82) is 0 Å². The van der Waals surface area contributed by atoms with E-state index in [1.165, 1.54) is 6.07 Å². The Morgan fingerprint density at radius 1 is 1.62 bits per heavy atom. The van der Waals surface area contributed by atoms with Gasteiger partial charge in [-0.05, 0) is 15.9 Å². The first-order valence-corrected chi connectivity index (χ1v) is 4.30. The van der Waals surface area contributed by atoms with Crippen molar-refractivity contribution in [2.24, 2.45) is 0 Å².